The van der Waals surface area contributed by atoms with Crippen LogP contribution in [0.15, 0.2) is 18.2 Å². The highest BCUT2D eigenvalue weighted by Gasteiger charge is 2.22. The highest BCUT2D eigenvalue weighted by atomic mass is 35.5. The number of rotatable bonds is 4. The molecular weight excluding hydrogens is 284 g/mol. The van der Waals surface area contributed by atoms with Gasteiger partial charge in [0.2, 0.25) is 0 Å². The summed E-state index contributed by atoms with van der Waals surface area (Å²) >= 11 is 6.14. The SMILES string of the molecule is Cc1cccc(Cl)c1C(=O)NCC1CCCN(C(C)C)C1. The van der Waals surface area contributed by atoms with Crippen LogP contribution in [-0.4, -0.2) is 36.5 Å². The molecule has 0 spiro atoms. The number of carbonyl (C=O) groups is 1. The van der Waals surface area contributed by atoms with Gasteiger partial charge in [0.15, 0.2) is 0 Å². The summed E-state index contributed by atoms with van der Waals surface area (Å²) in [6.07, 6.45) is 2.40. The van der Waals surface area contributed by atoms with Crippen molar-refractivity contribution < 1.29 is 4.79 Å². The van der Waals surface area contributed by atoms with Crippen molar-refractivity contribution in [2.75, 3.05) is 19.6 Å². The molecule has 1 aliphatic rings. The van der Waals surface area contributed by atoms with Crippen LogP contribution in [0, 0.1) is 12.8 Å². The lowest BCUT2D eigenvalue weighted by Gasteiger charge is -2.35. The summed E-state index contributed by atoms with van der Waals surface area (Å²) in [5.74, 6) is 0.479. The van der Waals surface area contributed by atoms with Gasteiger partial charge in [-0.3, -0.25) is 4.79 Å². The first-order valence-electron chi connectivity index (χ1n) is 7.76. The molecule has 116 valence electrons. The zero-order valence-corrected chi connectivity index (χ0v) is 13.9. The predicted octanol–water partition coefficient (Wildman–Crippen LogP) is 3.50. The third kappa shape index (κ3) is 4.21. The Morgan fingerprint density at radius 1 is 1.48 bits per heavy atom. The summed E-state index contributed by atoms with van der Waals surface area (Å²) in [6.45, 7) is 9.35. The van der Waals surface area contributed by atoms with E-state index in [9.17, 15) is 4.79 Å². The molecule has 1 amide bonds. The fraction of sp³-hybridized carbons (Fsp3) is 0.588. The monoisotopic (exact) mass is 308 g/mol. The maximum Gasteiger partial charge on any atom is 0.253 e. The van der Waals surface area contributed by atoms with Gasteiger partial charge in [-0.15, -0.1) is 0 Å². The minimum absolute atomic E-state index is 0.0558. The summed E-state index contributed by atoms with van der Waals surface area (Å²) in [5.41, 5.74) is 1.53. The summed E-state index contributed by atoms with van der Waals surface area (Å²) in [6, 6.07) is 6.14. The number of piperidine rings is 1. The fourth-order valence-electron chi connectivity index (χ4n) is 2.98. The second-order valence-corrected chi connectivity index (χ2v) is 6.65. The van der Waals surface area contributed by atoms with E-state index in [0.717, 1.165) is 18.7 Å². The topological polar surface area (TPSA) is 32.3 Å². The third-order valence-corrected chi connectivity index (χ3v) is 4.60. The number of amides is 1. The Morgan fingerprint density at radius 3 is 2.90 bits per heavy atom. The Morgan fingerprint density at radius 2 is 2.24 bits per heavy atom. The summed E-state index contributed by atoms with van der Waals surface area (Å²) in [7, 11) is 0. The number of nitrogens with zero attached hydrogens (tertiary/aromatic N) is 1. The quantitative estimate of drug-likeness (QED) is 0.923. The van der Waals surface area contributed by atoms with E-state index >= 15 is 0 Å². The Bertz CT molecular complexity index is 481. The molecule has 21 heavy (non-hydrogen) atoms. The summed E-state index contributed by atoms with van der Waals surface area (Å²) in [4.78, 5) is 14.8. The Hall–Kier alpha value is -1.06. The highest BCUT2D eigenvalue weighted by Crippen LogP contribution is 2.20. The molecule has 0 saturated carbocycles. The van der Waals surface area contributed by atoms with Gasteiger partial charge in [0.25, 0.3) is 5.91 Å². The number of hydrogen-bond donors (Lipinski definition) is 1. The third-order valence-electron chi connectivity index (χ3n) is 4.28. The average molecular weight is 309 g/mol. The molecule has 0 radical (unpaired) electrons. The van der Waals surface area contributed by atoms with Crippen molar-refractivity contribution in [1.82, 2.24) is 10.2 Å². The van der Waals surface area contributed by atoms with Gasteiger partial charge in [-0.2, -0.15) is 0 Å². The van der Waals surface area contributed by atoms with Crippen molar-refractivity contribution in [3.63, 3.8) is 0 Å². The zero-order valence-electron chi connectivity index (χ0n) is 13.2. The first-order valence-corrected chi connectivity index (χ1v) is 8.14. The van der Waals surface area contributed by atoms with Crippen molar-refractivity contribution in [2.24, 2.45) is 5.92 Å². The van der Waals surface area contributed by atoms with E-state index in [1.165, 1.54) is 19.4 Å². The van der Waals surface area contributed by atoms with Gasteiger partial charge in [0, 0.05) is 19.1 Å². The van der Waals surface area contributed by atoms with E-state index in [4.69, 9.17) is 11.6 Å². The molecule has 1 aromatic rings. The maximum atomic E-state index is 12.3. The van der Waals surface area contributed by atoms with Gasteiger partial charge >= 0.3 is 0 Å². The van der Waals surface area contributed by atoms with E-state index < -0.39 is 0 Å². The van der Waals surface area contributed by atoms with Crippen LogP contribution in [0.2, 0.25) is 5.02 Å². The molecule has 3 nitrogen and oxygen atoms in total. The number of hydrogen-bond acceptors (Lipinski definition) is 2. The molecule has 1 fully saturated rings. The van der Waals surface area contributed by atoms with Gasteiger partial charge in [-0.05, 0) is 57.7 Å². The second kappa shape index (κ2) is 7.28. The lowest BCUT2D eigenvalue weighted by atomic mass is 9.96. The number of halogens is 1. The Labute approximate surface area is 132 Å². The maximum absolute atomic E-state index is 12.3. The lowest BCUT2D eigenvalue weighted by Crippen LogP contribution is -2.43. The van der Waals surface area contributed by atoms with Crippen LogP contribution in [0.4, 0.5) is 0 Å². The minimum Gasteiger partial charge on any atom is -0.352 e. The predicted molar refractivity (Wildman–Crippen MR) is 88.0 cm³/mol. The normalized spacial score (nSPS) is 19.8. The molecule has 0 bridgehead atoms. The number of benzene rings is 1. The zero-order chi connectivity index (χ0) is 15.4. The van der Waals surface area contributed by atoms with E-state index in [2.05, 4.69) is 24.1 Å². The molecule has 1 saturated heterocycles. The van der Waals surface area contributed by atoms with Gasteiger partial charge in [-0.25, -0.2) is 0 Å². The first-order chi connectivity index (χ1) is 9.99. The van der Waals surface area contributed by atoms with Gasteiger partial charge in [0.05, 0.1) is 10.6 Å². The first kappa shape index (κ1) is 16.3. The molecule has 0 aromatic heterocycles. The molecule has 0 aliphatic carbocycles. The van der Waals surface area contributed by atoms with E-state index in [0.29, 0.717) is 22.5 Å². The molecule has 1 N–H and O–H groups in total. The molecule has 4 heteroatoms. The number of likely N-dealkylation sites (tertiary alicyclic amines) is 1. The van der Waals surface area contributed by atoms with Crippen molar-refractivity contribution >= 4 is 17.5 Å². The van der Waals surface area contributed by atoms with Gasteiger partial charge in [-0.1, -0.05) is 23.7 Å². The summed E-state index contributed by atoms with van der Waals surface area (Å²) in [5, 5.41) is 3.59. The number of nitrogens with one attached hydrogen (secondary N) is 1. The second-order valence-electron chi connectivity index (χ2n) is 6.24. The van der Waals surface area contributed by atoms with Crippen LogP contribution in [0.5, 0.6) is 0 Å². The van der Waals surface area contributed by atoms with Crippen molar-refractivity contribution in [1.29, 1.82) is 0 Å². The van der Waals surface area contributed by atoms with Crippen molar-refractivity contribution in [3.8, 4) is 0 Å². The molecule has 1 atom stereocenters. The molecular formula is C17H25ClN2O. The van der Waals surface area contributed by atoms with Crippen LogP contribution in [-0.2, 0) is 0 Å². The standard InChI is InChI=1S/C17H25ClN2O/c1-12(2)20-9-5-7-14(11-20)10-19-17(21)16-13(3)6-4-8-15(16)18/h4,6,8,12,14H,5,7,9-11H2,1-3H3,(H,19,21). The van der Waals surface area contributed by atoms with Crippen molar-refractivity contribution in [2.45, 2.75) is 39.7 Å². The van der Waals surface area contributed by atoms with Crippen molar-refractivity contribution in [3.05, 3.63) is 34.3 Å². The number of carbonyl (C=O) groups excluding carboxylic acids is 1. The molecule has 1 aliphatic heterocycles. The van der Waals surface area contributed by atoms with Gasteiger partial charge in [0.1, 0.15) is 0 Å². The van der Waals surface area contributed by atoms with Crippen LogP contribution in [0.3, 0.4) is 0 Å². The van der Waals surface area contributed by atoms with Gasteiger partial charge < -0.3 is 10.2 Å². The molecule has 2 rings (SSSR count). The molecule has 1 heterocycles. The Kier molecular flexibility index (Phi) is 5.65. The van der Waals surface area contributed by atoms with Crippen LogP contribution < -0.4 is 5.32 Å². The lowest BCUT2D eigenvalue weighted by molar-refractivity contribution is 0.0922. The number of aryl methyl sites for hydroxylation is 1. The van der Waals surface area contributed by atoms with Crippen LogP contribution in [0.25, 0.3) is 0 Å². The minimum atomic E-state index is -0.0558. The van der Waals surface area contributed by atoms with E-state index in [1.54, 1.807) is 6.07 Å². The summed E-state index contributed by atoms with van der Waals surface area (Å²) < 4.78 is 0. The Balaban J connectivity index is 1.92. The van der Waals surface area contributed by atoms with Crippen LogP contribution in [0.1, 0.15) is 42.6 Å². The van der Waals surface area contributed by atoms with Crippen LogP contribution >= 0.6 is 11.6 Å². The smallest absolute Gasteiger partial charge is 0.253 e. The molecule has 1 unspecified atom stereocenters. The average Bonchev–Trinajstić information content (AvgIpc) is 2.45. The largest absolute Gasteiger partial charge is 0.352 e. The highest BCUT2D eigenvalue weighted by molar-refractivity contribution is 6.34. The molecule has 1 aromatic carbocycles. The van der Waals surface area contributed by atoms with E-state index in [-0.39, 0.29) is 5.91 Å². The fourth-order valence-corrected chi connectivity index (χ4v) is 3.29. The van der Waals surface area contributed by atoms with E-state index in [1.807, 2.05) is 19.1 Å².